The van der Waals surface area contributed by atoms with E-state index in [-0.39, 0.29) is 16.6 Å². The third kappa shape index (κ3) is 4.18. The number of H-pyrrole nitrogens is 1. The molecule has 1 unspecified atom stereocenters. The highest BCUT2D eigenvalue weighted by atomic mass is 35.5. The summed E-state index contributed by atoms with van der Waals surface area (Å²) < 4.78 is 26.2. The van der Waals surface area contributed by atoms with E-state index in [0.717, 1.165) is 12.0 Å². The van der Waals surface area contributed by atoms with Gasteiger partial charge in [0.05, 0.1) is 0 Å². The van der Waals surface area contributed by atoms with Gasteiger partial charge >= 0.3 is 0 Å². The quantitative estimate of drug-likeness (QED) is 0.738. The van der Waals surface area contributed by atoms with E-state index in [1.54, 1.807) is 13.1 Å². The highest BCUT2D eigenvalue weighted by Crippen LogP contribution is 2.33. The summed E-state index contributed by atoms with van der Waals surface area (Å²) in [5.74, 6) is 0.108. The molecule has 0 bridgehead atoms. The fraction of sp³-hybridized carbons (Fsp3) is 0.444. The second kappa shape index (κ2) is 7.95. The molecule has 0 saturated carbocycles. The SMILES string of the molecule is CC(C)CC(C)c1ccccc1N(C)C(=O)c1c(Cl)n[nH]c1C(F)F. The minimum absolute atomic E-state index is 0.223. The predicted molar refractivity (Wildman–Crippen MR) is 95.6 cm³/mol. The normalized spacial score (nSPS) is 12.7. The molecule has 1 heterocycles. The highest BCUT2D eigenvalue weighted by molar-refractivity contribution is 6.33. The summed E-state index contributed by atoms with van der Waals surface area (Å²) in [6.45, 7) is 6.36. The first-order valence-electron chi connectivity index (χ1n) is 8.12. The number of hydrogen-bond acceptors (Lipinski definition) is 2. The number of hydrogen-bond donors (Lipinski definition) is 1. The Morgan fingerprint density at radius 1 is 1.28 bits per heavy atom. The second-order valence-corrected chi connectivity index (χ2v) is 6.92. The minimum atomic E-state index is -2.86. The largest absolute Gasteiger partial charge is 0.311 e. The van der Waals surface area contributed by atoms with E-state index >= 15 is 0 Å². The maximum absolute atomic E-state index is 13.1. The molecule has 1 N–H and O–H groups in total. The number of aromatic nitrogens is 2. The average Bonchev–Trinajstić information content (AvgIpc) is 2.94. The Kier molecular flexibility index (Phi) is 6.16. The van der Waals surface area contributed by atoms with Crippen LogP contribution in [0.15, 0.2) is 24.3 Å². The van der Waals surface area contributed by atoms with Crippen molar-refractivity contribution in [3.8, 4) is 0 Å². The predicted octanol–water partition coefficient (Wildman–Crippen LogP) is 5.43. The number of aromatic amines is 1. The van der Waals surface area contributed by atoms with E-state index in [9.17, 15) is 13.6 Å². The maximum Gasteiger partial charge on any atom is 0.280 e. The molecule has 136 valence electrons. The second-order valence-electron chi connectivity index (χ2n) is 6.56. The van der Waals surface area contributed by atoms with Crippen molar-refractivity contribution in [1.29, 1.82) is 0 Å². The van der Waals surface area contributed by atoms with Crippen molar-refractivity contribution in [3.63, 3.8) is 0 Å². The Morgan fingerprint density at radius 2 is 1.92 bits per heavy atom. The lowest BCUT2D eigenvalue weighted by Gasteiger charge is -2.24. The lowest BCUT2D eigenvalue weighted by atomic mass is 9.90. The van der Waals surface area contributed by atoms with Gasteiger partial charge in [0.2, 0.25) is 0 Å². The molecule has 0 radical (unpaired) electrons. The highest BCUT2D eigenvalue weighted by Gasteiger charge is 2.29. The zero-order valence-corrected chi connectivity index (χ0v) is 15.4. The Hall–Kier alpha value is -1.95. The van der Waals surface area contributed by atoms with Gasteiger partial charge in [-0.25, -0.2) is 8.78 Å². The Morgan fingerprint density at radius 3 is 2.52 bits per heavy atom. The van der Waals surface area contributed by atoms with Gasteiger partial charge in [0.1, 0.15) is 11.3 Å². The summed E-state index contributed by atoms with van der Waals surface area (Å²) in [4.78, 5) is 14.2. The molecule has 1 atom stereocenters. The standard InChI is InChI=1S/C18H22ClF2N3O/c1-10(2)9-11(3)12-7-5-6-8-13(12)24(4)18(25)14-15(17(20)21)22-23-16(14)19/h5-8,10-11,17H,9H2,1-4H3,(H,22,23). The first-order valence-corrected chi connectivity index (χ1v) is 8.50. The number of rotatable bonds is 6. The number of nitrogens with one attached hydrogen (secondary N) is 1. The van der Waals surface area contributed by atoms with Crippen LogP contribution < -0.4 is 4.90 Å². The molecular weight excluding hydrogens is 348 g/mol. The topological polar surface area (TPSA) is 49.0 Å². The first kappa shape index (κ1) is 19.4. The lowest BCUT2D eigenvalue weighted by molar-refractivity contribution is 0.0977. The van der Waals surface area contributed by atoms with Crippen LogP contribution >= 0.6 is 11.6 Å². The number of anilines is 1. The van der Waals surface area contributed by atoms with E-state index in [2.05, 4.69) is 31.0 Å². The van der Waals surface area contributed by atoms with Crippen molar-refractivity contribution in [2.45, 2.75) is 39.5 Å². The van der Waals surface area contributed by atoms with Crippen LogP contribution in [-0.4, -0.2) is 23.2 Å². The number of para-hydroxylation sites is 1. The number of nitrogens with zero attached hydrogens (tertiary/aromatic N) is 2. The Bertz CT molecular complexity index is 746. The summed E-state index contributed by atoms with van der Waals surface area (Å²) in [5, 5.41) is 5.44. The molecule has 1 aromatic carbocycles. The molecule has 0 aliphatic rings. The van der Waals surface area contributed by atoms with E-state index in [0.29, 0.717) is 11.6 Å². The molecule has 1 aromatic heterocycles. The zero-order valence-electron chi connectivity index (χ0n) is 14.7. The first-order chi connectivity index (χ1) is 11.7. The molecule has 0 fully saturated rings. The maximum atomic E-state index is 13.1. The van der Waals surface area contributed by atoms with Gasteiger partial charge in [0, 0.05) is 12.7 Å². The van der Waals surface area contributed by atoms with Gasteiger partial charge < -0.3 is 4.90 Å². The molecule has 0 saturated heterocycles. The van der Waals surface area contributed by atoms with Gasteiger partial charge in [-0.15, -0.1) is 0 Å². The molecule has 0 aliphatic heterocycles. The molecule has 4 nitrogen and oxygen atoms in total. The average molecular weight is 370 g/mol. The van der Waals surface area contributed by atoms with Crippen molar-refractivity contribution in [1.82, 2.24) is 10.2 Å². The van der Waals surface area contributed by atoms with E-state index in [1.807, 2.05) is 18.2 Å². The third-order valence-corrected chi connectivity index (χ3v) is 4.41. The van der Waals surface area contributed by atoms with Gasteiger partial charge in [-0.3, -0.25) is 9.89 Å². The fourth-order valence-corrected chi connectivity index (χ4v) is 3.24. The minimum Gasteiger partial charge on any atom is -0.311 e. The van der Waals surface area contributed by atoms with Gasteiger partial charge in [-0.2, -0.15) is 5.10 Å². The van der Waals surface area contributed by atoms with Crippen LogP contribution in [0, 0.1) is 5.92 Å². The number of carbonyl (C=O) groups excluding carboxylic acids is 1. The van der Waals surface area contributed by atoms with Crippen LogP contribution in [0.1, 0.15) is 61.2 Å². The summed E-state index contributed by atoms with van der Waals surface area (Å²) in [6.07, 6.45) is -1.91. The third-order valence-electron chi connectivity index (χ3n) is 4.14. The molecule has 7 heteroatoms. The van der Waals surface area contributed by atoms with E-state index < -0.39 is 18.0 Å². The molecule has 1 amide bonds. The van der Waals surface area contributed by atoms with Crippen LogP contribution in [0.2, 0.25) is 5.15 Å². The van der Waals surface area contributed by atoms with Gasteiger partial charge in [0.15, 0.2) is 5.15 Å². The molecular formula is C18H22ClF2N3O. The Balaban J connectivity index is 2.40. The monoisotopic (exact) mass is 369 g/mol. The molecule has 2 aromatic rings. The van der Waals surface area contributed by atoms with Crippen LogP contribution in [0.3, 0.4) is 0 Å². The summed E-state index contributed by atoms with van der Waals surface area (Å²) in [7, 11) is 1.56. The number of alkyl halides is 2. The number of carbonyl (C=O) groups is 1. The van der Waals surface area contributed by atoms with Crippen molar-refractivity contribution in [3.05, 3.63) is 46.2 Å². The van der Waals surface area contributed by atoms with Crippen molar-refractivity contribution in [2.24, 2.45) is 5.92 Å². The smallest absolute Gasteiger partial charge is 0.280 e. The fourth-order valence-electron chi connectivity index (χ4n) is 3.01. The van der Waals surface area contributed by atoms with Crippen LogP contribution in [0.5, 0.6) is 0 Å². The summed E-state index contributed by atoms with van der Waals surface area (Å²) >= 11 is 5.86. The van der Waals surface area contributed by atoms with Gasteiger partial charge in [0.25, 0.3) is 12.3 Å². The molecule has 0 spiro atoms. The van der Waals surface area contributed by atoms with Crippen LogP contribution in [0.4, 0.5) is 14.5 Å². The number of benzene rings is 1. The number of amides is 1. The molecule has 25 heavy (non-hydrogen) atoms. The summed E-state index contributed by atoms with van der Waals surface area (Å²) in [6, 6.07) is 7.48. The van der Waals surface area contributed by atoms with Crippen molar-refractivity contribution < 1.29 is 13.6 Å². The number of halogens is 3. The summed E-state index contributed by atoms with van der Waals surface area (Å²) in [5.41, 5.74) is 0.823. The van der Waals surface area contributed by atoms with E-state index in [4.69, 9.17) is 11.6 Å². The van der Waals surface area contributed by atoms with Crippen LogP contribution in [-0.2, 0) is 0 Å². The van der Waals surface area contributed by atoms with Crippen LogP contribution in [0.25, 0.3) is 0 Å². The van der Waals surface area contributed by atoms with Gasteiger partial charge in [-0.1, -0.05) is 50.6 Å². The zero-order chi connectivity index (χ0) is 18.7. The molecule has 2 rings (SSSR count). The van der Waals surface area contributed by atoms with Gasteiger partial charge in [-0.05, 0) is 29.9 Å². The Labute approximate surface area is 151 Å². The lowest BCUT2D eigenvalue weighted by Crippen LogP contribution is -2.28. The van der Waals surface area contributed by atoms with Crippen molar-refractivity contribution >= 4 is 23.2 Å². The van der Waals surface area contributed by atoms with Crippen molar-refractivity contribution in [2.75, 3.05) is 11.9 Å². The molecule has 0 aliphatic carbocycles. The van der Waals surface area contributed by atoms with E-state index in [1.165, 1.54) is 4.90 Å².